The summed E-state index contributed by atoms with van der Waals surface area (Å²) < 4.78 is 5.89. The van der Waals surface area contributed by atoms with E-state index in [2.05, 4.69) is 25.2 Å². The number of amides is 1. The van der Waals surface area contributed by atoms with E-state index in [1.54, 1.807) is 0 Å². The Morgan fingerprint density at radius 1 is 0.962 bits per heavy atom. The van der Waals surface area contributed by atoms with E-state index in [0.29, 0.717) is 11.5 Å². The van der Waals surface area contributed by atoms with Crippen molar-refractivity contribution in [2.45, 2.75) is 34.3 Å². The van der Waals surface area contributed by atoms with Crippen molar-refractivity contribution in [1.29, 1.82) is 0 Å². The summed E-state index contributed by atoms with van der Waals surface area (Å²) in [7, 11) is 0. The van der Waals surface area contributed by atoms with E-state index < -0.39 is 0 Å². The number of anilines is 1. The molecule has 2 aromatic carbocycles. The lowest BCUT2D eigenvalue weighted by Gasteiger charge is -2.08. The van der Waals surface area contributed by atoms with Gasteiger partial charge in [-0.3, -0.25) is 4.79 Å². The fourth-order valence-electron chi connectivity index (χ4n) is 2.70. The van der Waals surface area contributed by atoms with Gasteiger partial charge in [0.1, 0.15) is 12.4 Å². The largest absolute Gasteiger partial charge is 0.489 e. The van der Waals surface area contributed by atoms with Crippen LogP contribution >= 0.6 is 11.3 Å². The van der Waals surface area contributed by atoms with Crippen LogP contribution in [0, 0.1) is 27.7 Å². The Balaban J connectivity index is 1.63. The number of hydrogen-bond donors (Lipinski definition) is 1. The number of benzene rings is 2. The minimum absolute atomic E-state index is 0.0870. The molecule has 0 spiro atoms. The average molecular weight is 365 g/mol. The molecule has 134 valence electrons. The SMILES string of the molecule is Cc1ccc(OCc2csc(C(=O)Nc3ccc(C)c(C)c3)c2)c(C)c1. The number of nitrogens with one attached hydrogen (secondary N) is 1. The van der Waals surface area contributed by atoms with E-state index in [9.17, 15) is 4.79 Å². The zero-order valence-corrected chi connectivity index (χ0v) is 16.4. The van der Waals surface area contributed by atoms with Crippen molar-refractivity contribution < 1.29 is 9.53 Å². The Morgan fingerprint density at radius 3 is 2.50 bits per heavy atom. The highest BCUT2D eigenvalue weighted by Crippen LogP contribution is 2.23. The predicted molar refractivity (Wildman–Crippen MR) is 108 cm³/mol. The van der Waals surface area contributed by atoms with Crippen LogP contribution in [0.5, 0.6) is 5.75 Å². The van der Waals surface area contributed by atoms with Gasteiger partial charge in [0.25, 0.3) is 5.91 Å². The molecule has 0 unspecified atom stereocenters. The molecule has 0 aliphatic heterocycles. The molecule has 0 atom stereocenters. The van der Waals surface area contributed by atoms with E-state index in [-0.39, 0.29) is 5.91 Å². The number of aryl methyl sites for hydroxylation is 4. The number of ether oxygens (including phenoxy) is 1. The second-order valence-corrected chi connectivity index (χ2v) is 7.54. The minimum atomic E-state index is -0.0870. The minimum Gasteiger partial charge on any atom is -0.489 e. The lowest BCUT2D eigenvalue weighted by atomic mass is 10.1. The Morgan fingerprint density at radius 2 is 1.77 bits per heavy atom. The van der Waals surface area contributed by atoms with Gasteiger partial charge in [-0.2, -0.15) is 0 Å². The van der Waals surface area contributed by atoms with Crippen LogP contribution in [0.15, 0.2) is 47.8 Å². The first-order chi connectivity index (χ1) is 12.4. The normalized spacial score (nSPS) is 10.6. The van der Waals surface area contributed by atoms with Gasteiger partial charge in [0, 0.05) is 11.3 Å². The maximum Gasteiger partial charge on any atom is 0.265 e. The van der Waals surface area contributed by atoms with Crippen LogP contribution in [-0.4, -0.2) is 5.91 Å². The first kappa shape index (κ1) is 18.2. The molecule has 3 aromatic rings. The summed E-state index contributed by atoms with van der Waals surface area (Å²) >= 11 is 1.43. The van der Waals surface area contributed by atoms with Gasteiger partial charge in [0.2, 0.25) is 0 Å². The second-order valence-electron chi connectivity index (χ2n) is 6.63. The van der Waals surface area contributed by atoms with Crippen LogP contribution in [0.3, 0.4) is 0 Å². The van der Waals surface area contributed by atoms with Crippen LogP contribution in [0.4, 0.5) is 5.69 Å². The molecule has 0 saturated heterocycles. The maximum atomic E-state index is 12.4. The summed E-state index contributed by atoms with van der Waals surface area (Å²) in [4.78, 5) is 13.1. The third-order valence-corrected chi connectivity index (χ3v) is 5.34. The van der Waals surface area contributed by atoms with E-state index >= 15 is 0 Å². The molecule has 3 nitrogen and oxygen atoms in total. The fraction of sp³-hybridized carbons (Fsp3) is 0.227. The Labute approximate surface area is 158 Å². The highest BCUT2D eigenvalue weighted by Gasteiger charge is 2.11. The molecule has 1 N–H and O–H groups in total. The molecule has 0 aliphatic carbocycles. The summed E-state index contributed by atoms with van der Waals surface area (Å²) in [6.45, 7) is 8.66. The van der Waals surface area contributed by atoms with Crippen molar-refractivity contribution in [2.24, 2.45) is 0 Å². The van der Waals surface area contributed by atoms with Crippen LogP contribution in [0.2, 0.25) is 0 Å². The molecular weight excluding hydrogens is 342 g/mol. The molecule has 1 heterocycles. The number of carbonyl (C=O) groups excluding carboxylic acids is 1. The average Bonchev–Trinajstić information content (AvgIpc) is 3.06. The van der Waals surface area contributed by atoms with Crippen LogP contribution in [0.1, 0.15) is 37.5 Å². The van der Waals surface area contributed by atoms with Gasteiger partial charge in [0.05, 0.1) is 4.88 Å². The standard InChI is InChI=1S/C22H23NO2S/c1-14-5-8-20(17(4)9-14)25-12-18-11-21(26-13-18)22(24)23-19-7-6-15(2)16(3)10-19/h5-11,13H,12H2,1-4H3,(H,23,24). The van der Waals surface area contributed by atoms with Crippen LogP contribution < -0.4 is 10.1 Å². The zero-order valence-electron chi connectivity index (χ0n) is 15.6. The Bertz CT molecular complexity index is 943. The first-order valence-electron chi connectivity index (χ1n) is 8.58. The van der Waals surface area contributed by atoms with Crippen molar-refractivity contribution in [3.05, 3.63) is 80.5 Å². The Hall–Kier alpha value is -2.59. The summed E-state index contributed by atoms with van der Waals surface area (Å²) in [5.74, 6) is 0.791. The van der Waals surface area contributed by atoms with E-state index in [1.165, 1.54) is 22.5 Å². The van der Waals surface area contributed by atoms with E-state index in [0.717, 1.165) is 28.1 Å². The van der Waals surface area contributed by atoms with E-state index in [1.807, 2.05) is 55.6 Å². The number of carbonyl (C=O) groups is 1. The molecule has 3 rings (SSSR count). The smallest absolute Gasteiger partial charge is 0.265 e. The summed E-state index contributed by atoms with van der Waals surface area (Å²) in [5.41, 5.74) is 6.53. The van der Waals surface area contributed by atoms with Crippen molar-refractivity contribution >= 4 is 22.9 Å². The number of hydrogen-bond acceptors (Lipinski definition) is 3. The molecule has 1 aromatic heterocycles. The fourth-order valence-corrected chi connectivity index (χ4v) is 3.50. The molecule has 1 amide bonds. The molecular formula is C22H23NO2S. The highest BCUT2D eigenvalue weighted by atomic mass is 32.1. The lowest BCUT2D eigenvalue weighted by Crippen LogP contribution is -2.10. The highest BCUT2D eigenvalue weighted by molar-refractivity contribution is 7.12. The zero-order chi connectivity index (χ0) is 18.7. The lowest BCUT2D eigenvalue weighted by molar-refractivity contribution is 0.103. The van der Waals surface area contributed by atoms with Gasteiger partial charge in [-0.25, -0.2) is 0 Å². The summed E-state index contributed by atoms with van der Waals surface area (Å²) in [6, 6.07) is 14.0. The first-order valence-corrected chi connectivity index (χ1v) is 9.46. The monoisotopic (exact) mass is 365 g/mol. The molecule has 4 heteroatoms. The van der Waals surface area contributed by atoms with Crippen molar-refractivity contribution in [1.82, 2.24) is 0 Å². The molecule has 0 bridgehead atoms. The predicted octanol–water partition coefficient (Wildman–Crippen LogP) is 5.81. The number of rotatable bonds is 5. The van der Waals surface area contributed by atoms with Gasteiger partial charge < -0.3 is 10.1 Å². The topological polar surface area (TPSA) is 38.3 Å². The molecule has 0 aliphatic rings. The number of thiophene rings is 1. The third-order valence-electron chi connectivity index (χ3n) is 4.37. The van der Waals surface area contributed by atoms with Crippen molar-refractivity contribution in [3.63, 3.8) is 0 Å². The molecule has 0 saturated carbocycles. The van der Waals surface area contributed by atoms with Crippen molar-refractivity contribution in [3.8, 4) is 5.75 Å². The summed E-state index contributed by atoms with van der Waals surface area (Å²) in [5, 5.41) is 4.93. The van der Waals surface area contributed by atoms with Crippen LogP contribution in [0.25, 0.3) is 0 Å². The molecule has 0 fully saturated rings. The van der Waals surface area contributed by atoms with Gasteiger partial charge in [-0.15, -0.1) is 11.3 Å². The van der Waals surface area contributed by atoms with Gasteiger partial charge in [-0.05, 0) is 74.0 Å². The quantitative estimate of drug-likeness (QED) is 0.619. The van der Waals surface area contributed by atoms with Gasteiger partial charge in [0.15, 0.2) is 0 Å². The maximum absolute atomic E-state index is 12.4. The van der Waals surface area contributed by atoms with Gasteiger partial charge >= 0.3 is 0 Å². The second kappa shape index (κ2) is 7.75. The Kier molecular flexibility index (Phi) is 5.43. The summed E-state index contributed by atoms with van der Waals surface area (Å²) in [6.07, 6.45) is 0. The molecule has 0 radical (unpaired) electrons. The van der Waals surface area contributed by atoms with E-state index in [4.69, 9.17) is 4.74 Å². The third kappa shape index (κ3) is 4.33. The van der Waals surface area contributed by atoms with Crippen molar-refractivity contribution in [2.75, 3.05) is 5.32 Å². The van der Waals surface area contributed by atoms with Gasteiger partial charge in [-0.1, -0.05) is 23.8 Å². The van der Waals surface area contributed by atoms with Crippen LogP contribution in [-0.2, 0) is 6.61 Å². The molecule has 26 heavy (non-hydrogen) atoms.